The Morgan fingerprint density at radius 1 is 1.17 bits per heavy atom. The van der Waals surface area contributed by atoms with Crippen molar-refractivity contribution in [3.8, 4) is 11.4 Å². The quantitative estimate of drug-likeness (QED) is 0.471. The number of alkyl halides is 2. The van der Waals surface area contributed by atoms with Gasteiger partial charge in [0.25, 0.3) is 5.92 Å². The zero-order valence-corrected chi connectivity index (χ0v) is 16.4. The van der Waals surface area contributed by atoms with Crippen molar-refractivity contribution in [1.82, 2.24) is 14.9 Å². The van der Waals surface area contributed by atoms with Crippen LogP contribution in [0, 0.1) is 5.82 Å². The molecule has 0 spiro atoms. The van der Waals surface area contributed by atoms with Gasteiger partial charge in [0.15, 0.2) is 12.1 Å². The van der Waals surface area contributed by atoms with Crippen LogP contribution in [-0.2, 0) is 5.92 Å². The second-order valence-corrected chi connectivity index (χ2v) is 6.74. The third-order valence-corrected chi connectivity index (χ3v) is 4.44. The van der Waals surface area contributed by atoms with Crippen molar-refractivity contribution in [1.29, 1.82) is 0 Å². The Kier molecular flexibility index (Phi) is 7.90. The predicted molar refractivity (Wildman–Crippen MR) is 105 cm³/mol. The summed E-state index contributed by atoms with van der Waals surface area (Å²) < 4.78 is 41.4. The first-order valence-corrected chi connectivity index (χ1v) is 9.31. The monoisotopic (exact) mass is 407 g/mol. The van der Waals surface area contributed by atoms with Gasteiger partial charge in [0, 0.05) is 31.5 Å². The van der Waals surface area contributed by atoms with E-state index in [0.717, 1.165) is 44.3 Å². The van der Waals surface area contributed by atoms with Gasteiger partial charge in [-0.05, 0) is 36.4 Å². The smallest absolute Gasteiger partial charge is 0.298 e. The highest BCUT2D eigenvalue weighted by molar-refractivity contribution is 5.84. The van der Waals surface area contributed by atoms with E-state index < -0.39 is 23.9 Å². The molecule has 29 heavy (non-hydrogen) atoms. The maximum Gasteiger partial charge on any atom is 0.298 e. The average molecular weight is 407 g/mol. The van der Waals surface area contributed by atoms with E-state index in [0.29, 0.717) is 11.8 Å². The third kappa shape index (κ3) is 5.87. The molecular weight excluding hydrogens is 383 g/mol. The lowest BCUT2D eigenvalue weighted by Crippen LogP contribution is -2.19. The fourth-order valence-electron chi connectivity index (χ4n) is 2.66. The molecule has 0 aliphatic heterocycles. The second kappa shape index (κ2) is 10.2. The summed E-state index contributed by atoms with van der Waals surface area (Å²) in [6, 6.07) is 2.48. The van der Waals surface area contributed by atoms with Gasteiger partial charge in [0.2, 0.25) is 0 Å². The predicted octanol–water partition coefficient (Wildman–Crippen LogP) is 4.27. The molecule has 0 amide bonds. The summed E-state index contributed by atoms with van der Waals surface area (Å²) in [5, 5.41) is 8.73. The van der Waals surface area contributed by atoms with Crippen LogP contribution in [0.25, 0.3) is 17.5 Å². The molecule has 1 aromatic heterocycles. The summed E-state index contributed by atoms with van der Waals surface area (Å²) in [6.07, 6.45) is 8.99. The Morgan fingerprint density at radius 3 is 2.45 bits per heavy atom. The SMILES string of the molecule is CCCCCN(C)/C=C\c1cc(-c2ncc(C(F)(F)CO)cn2)c(F)cc1C=O. The first-order valence-electron chi connectivity index (χ1n) is 9.31. The molecule has 156 valence electrons. The number of carbonyl (C=O) groups is 1. The van der Waals surface area contributed by atoms with Crippen LogP contribution in [0.1, 0.15) is 47.7 Å². The van der Waals surface area contributed by atoms with Gasteiger partial charge >= 0.3 is 0 Å². The van der Waals surface area contributed by atoms with Crippen LogP contribution in [0.15, 0.2) is 30.7 Å². The Hall–Kier alpha value is -2.74. The van der Waals surface area contributed by atoms with E-state index in [1.165, 1.54) is 6.07 Å². The minimum atomic E-state index is -3.48. The summed E-state index contributed by atoms with van der Waals surface area (Å²) in [6.45, 7) is 1.59. The van der Waals surface area contributed by atoms with Crippen LogP contribution < -0.4 is 0 Å². The molecule has 0 bridgehead atoms. The van der Waals surface area contributed by atoms with E-state index in [4.69, 9.17) is 5.11 Å². The van der Waals surface area contributed by atoms with E-state index in [2.05, 4.69) is 16.9 Å². The van der Waals surface area contributed by atoms with E-state index in [9.17, 15) is 18.0 Å². The van der Waals surface area contributed by atoms with Gasteiger partial charge in [0.1, 0.15) is 12.4 Å². The van der Waals surface area contributed by atoms with Gasteiger partial charge < -0.3 is 10.0 Å². The largest absolute Gasteiger partial charge is 0.390 e. The summed E-state index contributed by atoms with van der Waals surface area (Å²) in [7, 11) is 1.90. The molecule has 0 aliphatic rings. The van der Waals surface area contributed by atoms with E-state index in [1.54, 1.807) is 12.3 Å². The lowest BCUT2D eigenvalue weighted by atomic mass is 10.0. The van der Waals surface area contributed by atoms with Crippen LogP contribution in [0.5, 0.6) is 0 Å². The lowest BCUT2D eigenvalue weighted by Gasteiger charge is -2.14. The molecular formula is C21H24F3N3O2. The molecule has 0 saturated carbocycles. The maximum absolute atomic E-state index is 14.4. The van der Waals surface area contributed by atoms with Gasteiger partial charge in [-0.3, -0.25) is 4.79 Å². The molecule has 0 radical (unpaired) electrons. The fourth-order valence-corrected chi connectivity index (χ4v) is 2.66. The first kappa shape index (κ1) is 22.5. The summed E-state index contributed by atoms with van der Waals surface area (Å²) >= 11 is 0. The van der Waals surface area contributed by atoms with Gasteiger partial charge in [0.05, 0.1) is 11.1 Å². The normalized spacial score (nSPS) is 11.8. The van der Waals surface area contributed by atoms with E-state index >= 15 is 0 Å². The van der Waals surface area contributed by atoms with E-state index in [-0.39, 0.29) is 17.0 Å². The van der Waals surface area contributed by atoms with Crippen molar-refractivity contribution in [3.05, 3.63) is 53.2 Å². The van der Waals surface area contributed by atoms with Crippen molar-refractivity contribution >= 4 is 12.4 Å². The summed E-state index contributed by atoms with van der Waals surface area (Å²) in [5.41, 5.74) is 0.0465. The van der Waals surface area contributed by atoms with Gasteiger partial charge in [-0.15, -0.1) is 0 Å². The number of unbranched alkanes of at least 4 members (excludes halogenated alkanes) is 2. The number of benzene rings is 1. The number of rotatable bonds is 10. The van der Waals surface area contributed by atoms with Crippen LogP contribution in [0.2, 0.25) is 0 Å². The average Bonchev–Trinajstić information content (AvgIpc) is 2.72. The fraction of sp³-hybridized carbons (Fsp3) is 0.381. The minimum absolute atomic E-state index is 0.0113. The maximum atomic E-state index is 14.4. The van der Waals surface area contributed by atoms with Gasteiger partial charge in [-0.1, -0.05) is 19.8 Å². The molecule has 1 aromatic carbocycles. The molecule has 8 heteroatoms. The number of aliphatic hydroxyl groups is 1. The zero-order chi connectivity index (χ0) is 21.4. The van der Waals surface area contributed by atoms with Crippen LogP contribution >= 0.6 is 0 Å². The molecule has 0 atom stereocenters. The highest BCUT2D eigenvalue weighted by atomic mass is 19.3. The molecule has 0 fully saturated rings. The number of halogens is 3. The number of hydrogen-bond acceptors (Lipinski definition) is 5. The van der Waals surface area contributed by atoms with Gasteiger partial charge in [-0.25, -0.2) is 14.4 Å². The van der Waals surface area contributed by atoms with Gasteiger partial charge in [-0.2, -0.15) is 8.78 Å². The standard InChI is InChI=1S/C21H24F3N3O2/c1-3-4-5-7-27(2)8-6-15-9-18(19(22)10-16(15)13-28)20-25-11-17(12-26-20)21(23,24)14-29/h6,8-13,29H,3-5,7,14H2,1-2H3/b8-6-. The molecule has 0 saturated heterocycles. The minimum Gasteiger partial charge on any atom is -0.390 e. The number of hydrogen-bond donors (Lipinski definition) is 1. The molecule has 5 nitrogen and oxygen atoms in total. The highest BCUT2D eigenvalue weighted by Crippen LogP contribution is 2.28. The van der Waals surface area contributed by atoms with Crippen LogP contribution in [0.4, 0.5) is 13.2 Å². The first-order chi connectivity index (χ1) is 13.8. The molecule has 0 aliphatic carbocycles. The van der Waals surface area contributed by atoms with Crippen molar-refractivity contribution < 1.29 is 23.1 Å². The van der Waals surface area contributed by atoms with Crippen molar-refractivity contribution in [3.63, 3.8) is 0 Å². The lowest BCUT2D eigenvalue weighted by molar-refractivity contribution is -0.0561. The number of aromatic nitrogens is 2. The number of aldehydes is 1. The topological polar surface area (TPSA) is 66.3 Å². The second-order valence-electron chi connectivity index (χ2n) is 6.74. The molecule has 2 aromatic rings. The van der Waals surface area contributed by atoms with Crippen molar-refractivity contribution in [2.45, 2.75) is 32.1 Å². The number of nitrogens with zero attached hydrogens (tertiary/aromatic N) is 3. The highest BCUT2D eigenvalue weighted by Gasteiger charge is 2.31. The molecule has 2 rings (SSSR count). The van der Waals surface area contributed by atoms with Crippen molar-refractivity contribution in [2.24, 2.45) is 0 Å². The van der Waals surface area contributed by atoms with Crippen LogP contribution in [-0.4, -0.2) is 46.5 Å². The Labute approximate surface area is 167 Å². The third-order valence-electron chi connectivity index (χ3n) is 4.44. The Bertz CT molecular complexity index is 855. The molecule has 0 unspecified atom stereocenters. The molecule has 1 heterocycles. The number of aliphatic hydroxyl groups excluding tert-OH is 1. The zero-order valence-electron chi connectivity index (χ0n) is 16.4. The van der Waals surface area contributed by atoms with Crippen molar-refractivity contribution in [2.75, 3.05) is 20.2 Å². The Morgan fingerprint density at radius 2 is 1.86 bits per heavy atom. The Balaban J connectivity index is 2.32. The van der Waals surface area contributed by atoms with E-state index in [1.807, 2.05) is 11.9 Å². The van der Waals surface area contributed by atoms with Crippen LogP contribution in [0.3, 0.4) is 0 Å². The number of carbonyl (C=O) groups excluding carboxylic acids is 1. The summed E-state index contributed by atoms with van der Waals surface area (Å²) in [4.78, 5) is 20.9. The summed E-state index contributed by atoms with van der Waals surface area (Å²) in [5.74, 6) is -4.31. The molecule has 1 N–H and O–H groups in total.